The van der Waals surface area contributed by atoms with Gasteiger partial charge in [0, 0.05) is 13.1 Å². The van der Waals surface area contributed by atoms with E-state index >= 15 is 0 Å². The number of nitrogens with one attached hydrogen (secondary N) is 2. The van der Waals surface area contributed by atoms with Crippen LogP contribution in [0.2, 0.25) is 0 Å². The minimum Gasteiger partial charge on any atom is -0.334 e. The van der Waals surface area contributed by atoms with Crippen molar-refractivity contribution in [2.45, 2.75) is 40.0 Å². The van der Waals surface area contributed by atoms with E-state index in [-0.39, 0.29) is 30.2 Å². The number of nitrogens with zero attached hydrogens (tertiary/aromatic N) is 4. The Hall–Kier alpha value is -4.47. The Morgan fingerprint density at radius 1 is 0.917 bits per heavy atom. The van der Waals surface area contributed by atoms with Crippen molar-refractivity contribution >= 4 is 23.1 Å². The van der Waals surface area contributed by atoms with Gasteiger partial charge in [-0.2, -0.15) is 0 Å². The Labute approximate surface area is 207 Å². The number of hydrogen-bond donors (Lipinski definition) is 2. The number of fused-ring (bicyclic) bond motifs is 1. The van der Waals surface area contributed by atoms with Crippen LogP contribution in [0.3, 0.4) is 0 Å². The second kappa shape index (κ2) is 10.9. The first-order chi connectivity index (χ1) is 17.3. The molecule has 4 aromatic rings. The molecule has 0 saturated carbocycles. The summed E-state index contributed by atoms with van der Waals surface area (Å²) in [7, 11) is 0. The summed E-state index contributed by atoms with van der Waals surface area (Å²) >= 11 is 0. The van der Waals surface area contributed by atoms with Crippen LogP contribution in [0.4, 0.5) is 4.79 Å². The first-order valence-electron chi connectivity index (χ1n) is 11.7. The molecule has 0 aliphatic carbocycles. The molecule has 0 aliphatic heterocycles. The summed E-state index contributed by atoms with van der Waals surface area (Å²) in [5.74, 6) is -0.554. The van der Waals surface area contributed by atoms with Gasteiger partial charge in [0.2, 0.25) is 5.91 Å². The average Bonchev–Trinajstić information content (AvgIpc) is 3.27. The lowest BCUT2D eigenvalue weighted by Gasteiger charge is -2.13. The number of rotatable bonds is 8. The number of carbonyl (C=O) groups excluding carboxylic acids is 2. The highest BCUT2D eigenvalue weighted by molar-refractivity contribution is 5.94. The molecular formula is C26H28N6O4. The fraction of sp³-hybridized carbons (Fsp3) is 0.269. The molecule has 4 rings (SSSR count). The summed E-state index contributed by atoms with van der Waals surface area (Å²) in [6.07, 6.45) is 1.54. The maximum absolute atomic E-state index is 13.4. The molecule has 0 unspecified atom stereocenters. The lowest BCUT2D eigenvalue weighted by Crippen LogP contribution is -2.47. The van der Waals surface area contributed by atoms with Crippen LogP contribution in [0, 0.1) is 5.92 Å². The predicted octanol–water partition coefficient (Wildman–Crippen LogP) is 2.09. The van der Waals surface area contributed by atoms with Crippen molar-refractivity contribution in [3.63, 3.8) is 0 Å². The van der Waals surface area contributed by atoms with Gasteiger partial charge in [0.25, 0.3) is 5.56 Å². The summed E-state index contributed by atoms with van der Waals surface area (Å²) in [5.41, 5.74) is 0.897. The zero-order valence-electron chi connectivity index (χ0n) is 20.2. The highest BCUT2D eigenvalue weighted by atomic mass is 16.2. The lowest BCUT2D eigenvalue weighted by atomic mass is 10.2. The van der Waals surface area contributed by atoms with Gasteiger partial charge in [0.05, 0.1) is 12.9 Å². The van der Waals surface area contributed by atoms with Crippen LogP contribution >= 0.6 is 0 Å². The van der Waals surface area contributed by atoms with Crippen molar-refractivity contribution in [2.75, 3.05) is 0 Å². The minimum atomic E-state index is -0.778. The van der Waals surface area contributed by atoms with Gasteiger partial charge in [-0.1, -0.05) is 74.5 Å². The second-order valence-corrected chi connectivity index (χ2v) is 8.93. The van der Waals surface area contributed by atoms with Crippen LogP contribution in [0.5, 0.6) is 0 Å². The third kappa shape index (κ3) is 5.60. The standard InChI is InChI=1S/C26H28N6O4/c1-18(2)14-30-17-28-23-22(30)24(34)32(26(36)31(23)15-20-11-7-4-8-12-20)16-21(33)29-25(35)27-13-19-9-5-3-6-10-19/h3-12,17-18H,13-16H2,1-2H3,(H2,27,29,33,35). The first kappa shape index (κ1) is 24.6. The Kier molecular flexibility index (Phi) is 7.43. The number of amides is 3. The zero-order valence-corrected chi connectivity index (χ0v) is 20.2. The molecule has 2 aromatic carbocycles. The Morgan fingerprint density at radius 2 is 1.56 bits per heavy atom. The highest BCUT2D eigenvalue weighted by Gasteiger charge is 2.21. The minimum absolute atomic E-state index is 0.175. The predicted molar refractivity (Wildman–Crippen MR) is 135 cm³/mol. The van der Waals surface area contributed by atoms with Crippen molar-refractivity contribution in [3.05, 3.63) is 99.0 Å². The molecule has 10 nitrogen and oxygen atoms in total. The first-order valence-corrected chi connectivity index (χ1v) is 11.7. The topological polar surface area (TPSA) is 120 Å². The van der Waals surface area contributed by atoms with E-state index < -0.39 is 29.7 Å². The van der Waals surface area contributed by atoms with E-state index in [4.69, 9.17) is 0 Å². The molecule has 186 valence electrons. The number of benzene rings is 2. The van der Waals surface area contributed by atoms with Crippen molar-refractivity contribution in [2.24, 2.45) is 5.92 Å². The van der Waals surface area contributed by atoms with Crippen molar-refractivity contribution in [1.82, 2.24) is 29.3 Å². The molecule has 2 N–H and O–H groups in total. The Balaban J connectivity index is 1.63. The molecule has 0 bridgehead atoms. The molecule has 10 heteroatoms. The van der Waals surface area contributed by atoms with E-state index in [0.717, 1.165) is 15.7 Å². The monoisotopic (exact) mass is 488 g/mol. The van der Waals surface area contributed by atoms with Crippen LogP contribution < -0.4 is 21.9 Å². The van der Waals surface area contributed by atoms with Crippen molar-refractivity contribution < 1.29 is 9.59 Å². The highest BCUT2D eigenvalue weighted by Crippen LogP contribution is 2.11. The van der Waals surface area contributed by atoms with Gasteiger partial charge in [-0.15, -0.1) is 0 Å². The fourth-order valence-electron chi connectivity index (χ4n) is 3.95. The molecule has 36 heavy (non-hydrogen) atoms. The number of imidazole rings is 1. The zero-order chi connectivity index (χ0) is 25.7. The molecule has 0 spiro atoms. The Morgan fingerprint density at radius 3 is 2.19 bits per heavy atom. The van der Waals surface area contributed by atoms with Crippen LogP contribution in [-0.4, -0.2) is 30.6 Å². The van der Waals surface area contributed by atoms with Crippen LogP contribution in [0.15, 0.2) is 76.6 Å². The smallest absolute Gasteiger partial charge is 0.333 e. The average molecular weight is 489 g/mol. The SMILES string of the molecule is CC(C)Cn1cnc2c1c(=O)n(CC(=O)NC(=O)NCc1ccccc1)c(=O)n2Cc1ccccc1. The van der Waals surface area contributed by atoms with Gasteiger partial charge >= 0.3 is 11.7 Å². The maximum Gasteiger partial charge on any atom is 0.333 e. The largest absolute Gasteiger partial charge is 0.334 e. The fourth-order valence-corrected chi connectivity index (χ4v) is 3.95. The van der Waals surface area contributed by atoms with Gasteiger partial charge in [0.1, 0.15) is 6.54 Å². The second-order valence-electron chi connectivity index (χ2n) is 8.93. The number of aromatic nitrogens is 4. The van der Waals surface area contributed by atoms with Gasteiger partial charge in [-0.05, 0) is 17.0 Å². The van der Waals surface area contributed by atoms with Crippen LogP contribution in [0.25, 0.3) is 11.2 Å². The third-order valence-electron chi connectivity index (χ3n) is 5.58. The van der Waals surface area contributed by atoms with E-state index in [9.17, 15) is 19.2 Å². The Bertz CT molecular complexity index is 1490. The normalized spacial score (nSPS) is 11.1. The number of carbonyl (C=O) groups is 2. The molecule has 0 aliphatic rings. The molecule has 3 amide bonds. The number of imide groups is 1. The van der Waals surface area contributed by atoms with Crippen molar-refractivity contribution in [3.8, 4) is 0 Å². The molecule has 0 atom stereocenters. The van der Waals surface area contributed by atoms with E-state index in [1.807, 2.05) is 74.5 Å². The molecular weight excluding hydrogens is 460 g/mol. The summed E-state index contributed by atoms with van der Waals surface area (Å²) in [6, 6.07) is 17.8. The van der Waals surface area contributed by atoms with E-state index in [2.05, 4.69) is 15.6 Å². The summed E-state index contributed by atoms with van der Waals surface area (Å²) in [5, 5.41) is 4.78. The van der Waals surface area contributed by atoms with Gasteiger partial charge < -0.3 is 9.88 Å². The molecule has 0 saturated heterocycles. The van der Waals surface area contributed by atoms with Crippen LogP contribution in [0.1, 0.15) is 25.0 Å². The summed E-state index contributed by atoms with van der Waals surface area (Å²) in [6.45, 7) is 4.33. The maximum atomic E-state index is 13.4. The summed E-state index contributed by atoms with van der Waals surface area (Å²) in [4.78, 5) is 55.9. The molecule has 2 aromatic heterocycles. The molecule has 0 fully saturated rings. The van der Waals surface area contributed by atoms with Crippen LogP contribution in [-0.2, 0) is 31.0 Å². The van der Waals surface area contributed by atoms with Crippen molar-refractivity contribution in [1.29, 1.82) is 0 Å². The van der Waals surface area contributed by atoms with Gasteiger partial charge in [-0.25, -0.2) is 19.1 Å². The molecule has 0 radical (unpaired) electrons. The quantitative estimate of drug-likeness (QED) is 0.394. The van der Waals surface area contributed by atoms with E-state index in [1.54, 1.807) is 4.57 Å². The third-order valence-corrected chi connectivity index (χ3v) is 5.58. The lowest BCUT2D eigenvalue weighted by molar-refractivity contribution is -0.120. The van der Waals surface area contributed by atoms with E-state index in [1.165, 1.54) is 10.9 Å². The van der Waals surface area contributed by atoms with Gasteiger partial charge in [-0.3, -0.25) is 19.5 Å². The molecule has 2 heterocycles. The number of urea groups is 1. The number of hydrogen-bond acceptors (Lipinski definition) is 5. The van der Waals surface area contributed by atoms with Gasteiger partial charge in [0.15, 0.2) is 11.2 Å². The van der Waals surface area contributed by atoms with E-state index in [0.29, 0.717) is 6.54 Å². The summed E-state index contributed by atoms with van der Waals surface area (Å²) < 4.78 is 3.93.